The number of rotatable bonds is 9. The van der Waals surface area contributed by atoms with E-state index in [1.54, 1.807) is 12.1 Å². The van der Waals surface area contributed by atoms with Gasteiger partial charge in [0.2, 0.25) is 0 Å². The number of pyridine rings is 2. The largest absolute Gasteiger partial charge is 0.493 e. The van der Waals surface area contributed by atoms with Gasteiger partial charge in [0.1, 0.15) is 17.4 Å². The summed E-state index contributed by atoms with van der Waals surface area (Å²) in [7, 11) is -4.23. The van der Waals surface area contributed by atoms with Gasteiger partial charge in [-0.1, -0.05) is 33.3 Å². The van der Waals surface area contributed by atoms with Gasteiger partial charge in [-0.15, -0.1) is 0 Å². The molecule has 0 bridgehead atoms. The monoisotopic (exact) mass is 537 g/mol. The van der Waals surface area contributed by atoms with Crippen molar-refractivity contribution in [2.24, 2.45) is 11.8 Å². The van der Waals surface area contributed by atoms with Crippen molar-refractivity contribution >= 4 is 27.6 Å². The molecule has 9 nitrogen and oxygen atoms in total. The van der Waals surface area contributed by atoms with Gasteiger partial charge in [0.25, 0.3) is 15.9 Å². The maximum Gasteiger partial charge on any atom is 0.281 e. The first kappa shape index (κ1) is 27.4. The van der Waals surface area contributed by atoms with Crippen molar-refractivity contribution in [3.05, 3.63) is 60.2 Å². The summed E-state index contributed by atoms with van der Waals surface area (Å²) in [5, 5.41) is -0.322. The van der Waals surface area contributed by atoms with E-state index in [0.29, 0.717) is 30.0 Å². The Morgan fingerprint density at radius 1 is 1.13 bits per heavy atom. The molecule has 3 N–H and O–H groups in total. The highest BCUT2D eigenvalue weighted by Crippen LogP contribution is 2.34. The van der Waals surface area contributed by atoms with Crippen LogP contribution in [0.4, 0.5) is 11.6 Å². The van der Waals surface area contributed by atoms with Gasteiger partial charge in [0, 0.05) is 18.2 Å². The lowest BCUT2D eigenvalue weighted by Gasteiger charge is -2.25. The summed E-state index contributed by atoms with van der Waals surface area (Å²) >= 11 is 0. The van der Waals surface area contributed by atoms with Crippen LogP contribution in [0.3, 0.4) is 0 Å². The average molecular weight is 538 g/mol. The maximum absolute atomic E-state index is 13.3. The number of carbonyl (C=O) groups is 1. The van der Waals surface area contributed by atoms with E-state index >= 15 is 0 Å². The van der Waals surface area contributed by atoms with Crippen LogP contribution < -0.4 is 20.1 Å². The number of nitrogens with zero attached hydrogens (tertiary/aromatic N) is 3. The smallest absolute Gasteiger partial charge is 0.281 e. The third-order valence-electron chi connectivity index (χ3n) is 6.61. The summed E-state index contributed by atoms with van der Waals surface area (Å²) in [6, 6.07) is 15.4. The minimum atomic E-state index is -4.23. The number of nitrogens with two attached hydrogens (primary N) is 1. The Labute approximate surface area is 224 Å². The molecule has 4 rings (SSSR count). The number of benzene rings is 1. The van der Waals surface area contributed by atoms with Crippen LogP contribution in [-0.2, 0) is 10.0 Å². The zero-order valence-electron chi connectivity index (χ0n) is 22.2. The van der Waals surface area contributed by atoms with Gasteiger partial charge in [-0.3, -0.25) is 4.79 Å². The van der Waals surface area contributed by atoms with Crippen LogP contribution in [0.1, 0.15) is 50.9 Å². The van der Waals surface area contributed by atoms with E-state index in [2.05, 4.69) is 42.3 Å². The van der Waals surface area contributed by atoms with Gasteiger partial charge in [-0.25, -0.2) is 14.7 Å². The molecule has 1 fully saturated rings. The minimum Gasteiger partial charge on any atom is -0.493 e. The Morgan fingerprint density at radius 2 is 1.87 bits per heavy atom. The first-order valence-corrected chi connectivity index (χ1v) is 14.4. The van der Waals surface area contributed by atoms with Crippen LogP contribution in [-0.4, -0.2) is 43.5 Å². The molecule has 0 saturated carbocycles. The molecule has 0 aliphatic carbocycles. The molecule has 1 aliphatic heterocycles. The molecule has 1 aromatic carbocycles. The molecule has 0 radical (unpaired) electrons. The summed E-state index contributed by atoms with van der Waals surface area (Å²) in [6.07, 6.45) is 1.98. The molecule has 1 saturated heterocycles. The van der Waals surface area contributed by atoms with Crippen molar-refractivity contribution in [2.75, 3.05) is 23.8 Å². The number of nitrogen functional groups attached to an aromatic ring is 1. The van der Waals surface area contributed by atoms with E-state index in [1.807, 2.05) is 24.3 Å². The minimum absolute atomic E-state index is 0.0455. The molecular formula is C28H35N5O4S. The van der Waals surface area contributed by atoms with E-state index in [9.17, 15) is 13.2 Å². The molecule has 2 aromatic heterocycles. The van der Waals surface area contributed by atoms with E-state index < -0.39 is 15.9 Å². The van der Waals surface area contributed by atoms with Crippen LogP contribution in [0.25, 0.3) is 11.3 Å². The van der Waals surface area contributed by atoms with Gasteiger partial charge in [-0.05, 0) is 73.7 Å². The molecule has 1 aliphatic rings. The summed E-state index contributed by atoms with van der Waals surface area (Å²) in [6.45, 7) is 9.80. The van der Waals surface area contributed by atoms with Crippen LogP contribution in [0.5, 0.6) is 5.75 Å². The average Bonchev–Trinajstić information content (AvgIpc) is 3.27. The van der Waals surface area contributed by atoms with Gasteiger partial charge in [-0.2, -0.15) is 8.42 Å². The Bertz CT molecular complexity index is 1390. The highest BCUT2D eigenvalue weighted by molar-refractivity contribution is 7.90. The standard InChI is InChI=1S/C28H35N5O4S/c1-5-20-15-19(4)33(16-20)27-23(28(34)32-38(35,36)26-8-6-7-25(29)31-26)13-14-24(30-27)21-9-11-22(12-10-21)37-17-18(2)3/h6-14,18-20H,5,15-17H2,1-4H3,(H2,29,31)(H,32,34)/t19-,20?/m0/s1. The number of amides is 1. The van der Waals surface area contributed by atoms with E-state index in [1.165, 1.54) is 18.2 Å². The zero-order chi connectivity index (χ0) is 27.4. The Balaban J connectivity index is 1.68. The first-order chi connectivity index (χ1) is 18.1. The third-order valence-corrected chi connectivity index (χ3v) is 7.84. The summed E-state index contributed by atoms with van der Waals surface area (Å²) in [4.78, 5) is 24.2. The number of aromatic nitrogens is 2. The molecular weight excluding hydrogens is 502 g/mol. The lowest BCUT2D eigenvalue weighted by Crippen LogP contribution is -2.35. The molecule has 0 spiro atoms. The van der Waals surface area contributed by atoms with E-state index in [-0.39, 0.29) is 22.4 Å². The fourth-order valence-corrected chi connectivity index (χ4v) is 5.48. The number of carbonyl (C=O) groups excluding carboxylic acids is 1. The zero-order valence-corrected chi connectivity index (χ0v) is 23.0. The second-order valence-corrected chi connectivity index (χ2v) is 11.8. The fourth-order valence-electron chi connectivity index (χ4n) is 4.53. The van der Waals surface area contributed by atoms with E-state index in [4.69, 9.17) is 15.5 Å². The van der Waals surface area contributed by atoms with Crippen LogP contribution in [0, 0.1) is 11.8 Å². The molecule has 3 heterocycles. The SMILES string of the molecule is CCC1C[C@H](C)N(c2nc(-c3ccc(OCC(C)C)cc3)ccc2C(=O)NS(=O)(=O)c2cccc(N)n2)C1. The number of nitrogens with one attached hydrogen (secondary N) is 1. The second kappa shape index (κ2) is 11.4. The summed E-state index contributed by atoms with van der Waals surface area (Å²) in [5.74, 6) is 1.39. The fraction of sp³-hybridized carbons (Fsp3) is 0.393. The van der Waals surface area contributed by atoms with Crippen molar-refractivity contribution in [1.82, 2.24) is 14.7 Å². The van der Waals surface area contributed by atoms with Crippen LogP contribution in [0.15, 0.2) is 59.6 Å². The molecule has 3 aromatic rings. The summed E-state index contributed by atoms with van der Waals surface area (Å²) in [5.41, 5.74) is 7.37. The van der Waals surface area contributed by atoms with E-state index in [0.717, 1.165) is 30.7 Å². The molecule has 1 unspecified atom stereocenters. The van der Waals surface area contributed by atoms with Gasteiger partial charge in [0.05, 0.1) is 17.9 Å². The second-order valence-electron chi connectivity index (χ2n) is 10.1. The summed E-state index contributed by atoms with van der Waals surface area (Å²) < 4.78 is 33.7. The number of anilines is 2. The topological polar surface area (TPSA) is 128 Å². The predicted molar refractivity (Wildman–Crippen MR) is 149 cm³/mol. The normalized spacial score (nSPS) is 17.6. The third kappa shape index (κ3) is 6.24. The lowest BCUT2D eigenvalue weighted by atomic mass is 10.0. The van der Waals surface area contributed by atoms with Crippen molar-refractivity contribution < 1.29 is 17.9 Å². The molecule has 38 heavy (non-hydrogen) atoms. The van der Waals surface area contributed by atoms with Crippen molar-refractivity contribution in [3.63, 3.8) is 0 Å². The highest BCUT2D eigenvalue weighted by atomic mass is 32.2. The van der Waals surface area contributed by atoms with Gasteiger partial charge >= 0.3 is 0 Å². The molecule has 202 valence electrons. The molecule has 2 atom stereocenters. The van der Waals surface area contributed by atoms with Gasteiger partial charge < -0.3 is 15.4 Å². The van der Waals surface area contributed by atoms with Crippen LogP contribution in [0.2, 0.25) is 0 Å². The highest BCUT2D eigenvalue weighted by Gasteiger charge is 2.33. The number of hydrogen-bond donors (Lipinski definition) is 2. The first-order valence-electron chi connectivity index (χ1n) is 12.9. The van der Waals surface area contributed by atoms with Crippen molar-refractivity contribution in [2.45, 2.75) is 51.6 Å². The Kier molecular flexibility index (Phi) is 8.20. The quantitative estimate of drug-likeness (QED) is 0.408. The van der Waals surface area contributed by atoms with Crippen molar-refractivity contribution in [1.29, 1.82) is 0 Å². The predicted octanol–water partition coefficient (Wildman–Crippen LogP) is 4.50. The van der Waals surface area contributed by atoms with Gasteiger partial charge in [0.15, 0.2) is 5.03 Å². The number of ether oxygens (including phenoxy) is 1. The maximum atomic E-state index is 13.3. The van der Waals surface area contributed by atoms with Crippen molar-refractivity contribution in [3.8, 4) is 17.0 Å². The number of sulfonamides is 1. The number of hydrogen-bond acceptors (Lipinski definition) is 8. The Hall–Kier alpha value is -3.66. The molecule has 1 amide bonds. The van der Waals surface area contributed by atoms with Crippen LogP contribution >= 0.6 is 0 Å². The lowest BCUT2D eigenvalue weighted by molar-refractivity contribution is 0.0981. The Morgan fingerprint density at radius 3 is 2.50 bits per heavy atom. The molecule has 10 heteroatoms.